The van der Waals surface area contributed by atoms with Gasteiger partial charge in [-0.2, -0.15) is 8.42 Å². The van der Waals surface area contributed by atoms with Crippen LogP contribution in [0.3, 0.4) is 0 Å². The van der Waals surface area contributed by atoms with Gasteiger partial charge in [-0.05, 0) is 62.2 Å². The first-order valence-corrected chi connectivity index (χ1v) is 11.7. The van der Waals surface area contributed by atoms with Crippen molar-refractivity contribution in [2.45, 2.75) is 43.6 Å². The maximum Gasteiger partial charge on any atom is 0.338 e. The third-order valence-electron chi connectivity index (χ3n) is 5.35. The normalized spacial score (nSPS) is 17.8. The summed E-state index contributed by atoms with van der Waals surface area (Å²) in [6.45, 7) is 2.05. The molecule has 1 atom stereocenters. The molecule has 1 amide bonds. The zero-order valence-corrected chi connectivity index (χ0v) is 18.2. The number of hydrogen-bond acceptors (Lipinski definition) is 6. The first-order valence-electron chi connectivity index (χ1n) is 10.3. The van der Waals surface area contributed by atoms with Gasteiger partial charge in [0.1, 0.15) is 16.5 Å². The van der Waals surface area contributed by atoms with Crippen molar-refractivity contribution in [3.05, 3.63) is 53.8 Å². The molecule has 1 fully saturated rings. The Labute approximate surface area is 185 Å². The van der Waals surface area contributed by atoms with Crippen molar-refractivity contribution in [1.82, 2.24) is 0 Å². The van der Waals surface area contributed by atoms with E-state index in [9.17, 15) is 22.4 Å². The number of rotatable bonds is 4. The van der Waals surface area contributed by atoms with E-state index in [2.05, 4.69) is 9.71 Å². The number of ether oxygens (including phenoxy) is 1. The predicted octanol–water partition coefficient (Wildman–Crippen LogP) is 3.49. The molecule has 0 saturated carbocycles. The van der Waals surface area contributed by atoms with Crippen molar-refractivity contribution in [3.8, 4) is 0 Å². The van der Waals surface area contributed by atoms with Crippen LogP contribution in [0, 0.1) is 5.82 Å². The Kier molecular flexibility index (Phi) is 5.96. The van der Waals surface area contributed by atoms with E-state index >= 15 is 0 Å². The quantitative estimate of drug-likeness (QED) is 0.702. The lowest BCUT2D eigenvalue weighted by atomic mass is 10.1. The van der Waals surface area contributed by atoms with Crippen LogP contribution < -0.4 is 10.2 Å². The van der Waals surface area contributed by atoms with Gasteiger partial charge in [0.25, 0.3) is 15.9 Å². The van der Waals surface area contributed by atoms with Crippen LogP contribution in [0.4, 0.5) is 15.8 Å². The predicted molar refractivity (Wildman–Crippen MR) is 117 cm³/mol. The van der Waals surface area contributed by atoms with Crippen LogP contribution in [-0.4, -0.2) is 38.8 Å². The molecule has 2 aromatic carbocycles. The first kappa shape index (κ1) is 21.9. The zero-order chi connectivity index (χ0) is 22.9. The van der Waals surface area contributed by atoms with Crippen LogP contribution in [0.15, 0.2) is 51.8 Å². The number of nitrogens with zero attached hydrogens (tertiary/aromatic N) is 2. The molecule has 2 heterocycles. The summed E-state index contributed by atoms with van der Waals surface area (Å²) in [6, 6.07) is 9.45. The van der Waals surface area contributed by atoms with Gasteiger partial charge in [-0.25, -0.2) is 9.18 Å². The van der Waals surface area contributed by atoms with Gasteiger partial charge in [0.15, 0.2) is 6.10 Å². The molecule has 0 radical (unpaired) electrons. The topological polar surface area (TPSA) is 105 Å². The summed E-state index contributed by atoms with van der Waals surface area (Å²) in [6.07, 6.45) is 2.22. The molecular formula is C22H22FN3O5S. The Morgan fingerprint density at radius 3 is 2.62 bits per heavy atom. The van der Waals surface area contributed by atoms with Crippen molar-refractivity contribution in [1.29, 1.82) is 0 Å². The summed E-state index contributed by atoms with van der Waals surface area (Å²) in [4.78, 5) is 26.7. The lowest BCUT2D eigenvalue weighted by Crippen LogP contribution is -2.35. The minimum absolute atomic E-state index is 0.00206. The van der Waals surface area contributed by atoms with Gasteiger partial charge in [0.2, 0.25) is 0 Å². The van der Waals surface area contributed by atoms with Gasteiger partial charge in [0.05, 0.1) is 11.3 Å². The minimum atomic E-state index is -3.95. The SMILES string of the molecule is C[C@H](OC(=O)c1ccc2c(c1)S(=O)(=O)N=C1CCCCCN12)C(=O)Nc1ccc(F)cc1. The second-order valence-electron chi connectivity index (χ2n) is 7.67. The van der Waals surface area contributed by atoms with E-state index in [1.165, 1.54) is 43.3 Å². The standard InChI is InChI=1S/C22H22FN3O5S/c1-14(21(27)24-17-9-7-16(23)8-10-17)31-22(28)15-6-11-18-19(13-15)32(29,30)25-20-5-3-2-4-12-26(18)20/h6-11,13-14H,2-5,12H2,1H3,(H,24,27)/t14-/m0/s1. The maximum atomic E-state index is 13.0. The first-order chi connectivity index (χ1) is 15.2. The molecule has 0 spiro atoms. The largest absolute Gasteiger partial charge is 0.449 e. The lowest BCUT2D eigenvalue weighted by molar-refractivity contribution is -0.123. The van der Waals surface area contributed by atoms with Gasteiger partial charge in [-0.15, -0.1) is 4.40 Å². The number of sulfonamides is 1. The lowest BCUT2D eigenvalue weighted by Gasteiger charge is -2.29. The van der Waals surface area contributed by atoms with E-state index in [1.807, 2.05) is 4.90 Å². The fraction of sp³-hybridized carbons (Fsp3) is 0.318. The Hall–Kier alpha value is -3.27. The molecule has 0 aromatic heterocycles. The zero-order valence-electron chi connectivity index (χ0n) is 17.4. The summed E-state index contributed by atoms with van der Waals surface area (Å²) >= 11 is 0. The number of carbonyl (C=O) groups is 2. The van der Waals surface area contributed by atoms with E-state index in [0.29, 0.717) is 30.2 Å². The van der Waals surface area contributed by atoms with Gasteiger partial charge >= 0.3 is 5.97 Å². The molecule has 168 valence electrons. The molecule has 1 N–H and O–H groups in total. The molecule has 0 bridgehead atoms. The number of carbonyl (C=O) groups excluding carboxylic acids is 2. The van der Waals surface area contributed by atoms with E-state index in [4.69, 9.17) is 4.74 Å². The summed E-state index contributed by atoms with van der Waals surface area (Å²) in [5.41, 5.74) is 0.850. The van der Waals surface area contributed by atoms with Crippen molar-refractivity contribution in [2.75, 3.05) is 16.8 Å². The van der Waals surface area contributed by atoms with Gasteiger partial charge in [-0.3, -0.25) is 4.79 Å². The maximum absolute atomic E-state index is 13.0. The minimum Gasteiger partial charge on any atom is -0.449 e. The number of halogens is 1. The Balaban J connectivity index is 1.51. The number of amides is 1. The molecule has 10 heteroatoms. The monoisotopic (exact) mass is 459 g/mol. The molecule has 2 aliphatic rings. The number of benzene rings is 2. The van der Waals surface area contributed by atoms with Gasteiger partial charge in [-0.1, -0.05) is 6.42 Å². The molecular weight excluding hydrogens is 437 g/mol. The fourth-order valence-corrected chi connectivity index (χ4v) is 4.95. The number of hydrogen-bond donors (Lipinski definition) is 1. The molecule has 0 unspecified atom stereocenters. The molecule has 1 saturated heterocycles. The van der Waals surface area contributed by atoms with E-state index < -0.39 is 33.8 Å². The molecule has 32 heavy (non-hydrogen) atoms. The number of fused-ring (bicyclic) bond motifs is 3. The van der Waals surface area contributed by atoms with Gasteiger partial charge < -0.3 is 15.0 Å². The molecule has 2 aliphatic heterocycles. The summed E-state index contributed by atoms with van der Waals surface area (Å²) < 4.78 is 47.6. The second-order valence-corrected chi connectivity index (χ2v) is 9.24. The highest BCUT2D eigenvalue weighted by Crippen LogP contribution is 2.35. The molecule has 2 aromatic rings. The van der Waals surface area contributed by atoms with E-state index in [-0.39, 0.29) is 10.5 Å². The van der Waals surface area contributed by atoms with Crippen molar-refractivity contribution < 1.29 is 27.1 Å². The highest BCUT2D eigenvalue weighted by Gasteiger charge is 2.32. The average molecular weight is 459 g/mol. The van der Waals surface area contributed by atoms with Crippen LogP contribution in [0.2, 0.25) is 0 Å². The van der Waals surface area contributed by atoms with E-state index in [0.717, 1.165) is 19.3 Å². The number of amidine groups is 1. The summed E-state index contributed by atoms with van der Waals surface area (Å²) in [5.74, 6) is -1.36. The number of esters is 1. The molecule has 8 nitrogen and oxygen atoms in total. The summed E-state index contributed by atoms with van der Waals surface area (Å²) in [5, 5.41) is 2.52. The smallest absolute Gasteiger partial charge is 0.338 e. The highest BCUT2D eigenvalue weighted by atomic mass is 32.2. The fourth-order valence-electron chi connectivity index (χ4n) is 3.67. The Bertz CT molecular complexity index is 1190. The van der Waals surface area contributed by atoms with Crippen LogP contribution in [0.1, 0.15) is 43.0 Å². The van der Waals surface area contributed by atoms with Crippen molar-refractivity contribution in [2.24, 2.45) is 4.40 Å². The highest BCUT2D eigenvalue weighted by molar-refractivity contribution is 7.90. The second kappa shape index (κ2) is 8.70. The van der Waals surface area contributed by atoms with Crippen LogP contribution in [0.5, 0.6) is 0 Å². The average Bonchev–Trinajstić information content (AvgIpc) is 3.00. The summed E-state index contributed by atoms with van der Waals surface area (Å²) in [7, 11) is -3.95. The van der Waals surface area contributed by atoms with Crippen LogP contribution in [0.25, 0.3) is 0 Å². The third kappa shape index (κ3) is 4.50. The van der Waals surface area contributed by atoms with E-state index in [1.54, 1.807) is 6.07 Å². The third-order valence-corrected chi connectivity index (χ3v) is 6.68. The molecule has 0 aliphatic carbocycles. The molecule has 4 rings (SSSR count). The number of anilines is 2. The van der Waals surface area contributed by atoms with Crippen molar-refractivity contribution >= 4 is 39.1 Å². The number of nitrogens with one attached hydrogen (secondary N) is 1. The Morgan fingerprint density at radius 1 is 1.12 bits per heavy atom. The Morgan fingerprint density at radius 2 is 1.88 bits per heavy atom. The van der Waals surface area contributed by atoms with Crippen LogP contribution in [-0.2, 0) is 19.6 Å². The van der Waals surface area contributed by atoms with Crippen molar-refractivity contribution in [3.63, 3.8) is 0 Å². The van der Waals surface area contributed by atoms with Crippen LogP contribution >= 0.6 is 0 Å². The van der Waals surface area contributed by atoms with Gasteiger partial charge in [0, 0.05) is 18.7 Å².